The summed E-state index contributed by atoms with van der Waals surface area (Å²) in [4.78, 5) is 11.9. The van der Waals surface area contributed by atoms with E-state index in [0.717, 1.165) is 19.3 Å². The van der Waals surface area contributed by atoms with Crippen molar-refractivity contribution in [3.63, 3.8) is 0 Å². The topological polar surface area (TPSA) is 55.1 Å². The van der Waals surface area contributed by atoms with Gasteiger partial charge in [-0.3, -0.25) is 4.79 Å². The first-order chi connectivity index (χ1) is 8.11. The maximum Gasteiger partial charge on any atom is 0.220 e. The summed E-state index contributed by atoms with van der Waals surface area (Å²) in [6, 6.07) is 0.404. The molecule has 4 heteroatoms. The molecule has 0 aromatic heterocycles. The molecule has 1 unspecified atom stereocenters. The minimum Gasteiger partial charge on any atom is -0.353 e. The van der Waals surface area contributed by atoms with Crippen molar-refractivity contribution in [2.45, 2.75) is 45.6 Å². The number of rotatable bonds is 6. The summed E-state index contributed by atoms with van der Waals surface area (Å²) < 4.78 is 0. The van der Waals surface area contributed by atoms with Gasteiger partial charge in [-0.1, -0.05) is 13.8 Å². The number of thioether (sulfide) groups is 1. The Bertz CT molecular complexity index is 227. The number of hydrogen-bond donors (Lipinski definition) is 2. The maximum atomic E-state index is 11.9. The van der Waals surface area contributed by atoms with Crippen LogP contribution in [-0.4, -0.2) is 30.0 Å². The third kappa shape index (κ3) is 6.32. The van der Waals surface area contributed by atoms with E-state index in [1.54, 1.807) is 0 Å². The van der Waals surface area contributed by atoms with Crippen LogP contribution in [0.1, 0.15) is 39.5 Å². The van der Waals surface area contributed by atoms with Gasteiger partial charge in [0.25, 0.3) is 0 Å². The highest BCUT2D eigenvalue weighted by molar-refractivity contribution is 7.99. The lowest BCUT2D eigenvalue weighted by molar-refractivity contribution is -0.122. The molecule has 0 aromatic carbocycles. The van der Waals surface area contributed by atoms with E-state index >= 15 is 0 Å². The molecule has 1 aliphatic rings. The van der Waals surface area contributed by atoms with Gasteiger partial charge in [0.05, 0.1) is 0 Å². The number of nitrogens with one attached hydrogen (secondary N) is 1. The molecule has 0 bridgehead atoms. The molecule has 17 heavy (non-hydrogen) atoms. The van der Waals surface area contributed by atoms with Gasteiger partial charge < -0.3 is 11.1 Å². The Balaban J connectivity index is 2.26. The quantitative estimate of drug-likeness (QED) is 0.766. The highest BCUT2D eigenvalue weighted by Crippen LogP contribution is 2.18. The predicted octanol–water partition coefficient (Wildman–Crippen LogP) is 2.01. The third-order valence-corrected chi connectivity index (χ3v) is 4.25. The monoisotopic (exact) mass is 258 g/mol. The van der Waals surface area contributed by atoms with Gasteiger partial charge in [0, 0.05) is 12.5 Å². The standard InChI is InChI=1S/C13H26N2OS/c1-10(2)7-11(9-14)8-13(16)15-12-3-5-17-6-4-12/h10-12H,3-9,14H2,1-2H3,(H,15,16). The highest BCUT2D eigenvalue weighted by Gasteiger charge is 2.18. The largest absolute Gasteiger partial charge is 0.353 e. The van der Waals surface area contributed by atoms with E-state index in [0.29, 0.717) is 30.8 Å². The van der Waals surface area contributed by atoms with Crippen LogP contribution in [0.15, 0.2) is 0 Å². The van der Waals surface area contributed by atoms with Crippen molar-refractivity contribution in [2.24, 2.45) is 17.6 Å². The van der Waals surface area contributed by atoms with Crippen LogP contribution in [0.3, 0.4) is 0 Å². The van der Waals surface area contributed by atoms with E-state index in [2.05, 4.69) is 19.2 Å². The van der Waals surface area contributed by atoms with E-state index in [9.17, 15) is 4.79 Å². The fourth-order valence-electron chi connectivity index (χ4n) is 2.32. The Morgan fingerprint density at radius 1 is 1.41 bits per heavy atom. The first-order valence-electron chi connectivity index (χ1n) is 6.69. The van der Waals surface area contributed by atoms with Gasteiger partial charge in [0.15, 0.2) is 0 Å². The van der Waals surface area contributed by atoms with Crippen LogP contribution in [0, 0.1) is 11.8 Å². The van der Waals surface area contributed by atoms with Gasteiger partial charge in [0.2, 0.25) is 5.91 Å². The SMILES string of the molecule is CC(C)CC(CN)CC(=O)NC1CCSCC1. The summed E-state index contributed by atoms with van der Waals surface area (Å²) in [6.45, 7) is 4.98. The van der Waals surface area contributed by atoms with E-state index in [1.807, 2.05) is 11.8 Å². The lowest BCUT2D eigenvalue weighted by atomic mass is 9.94. The molecule has 3 N–H and O–H groups in total. The Hall–Kier alpha value is -0.220. The summed E-state index contributed by atoms with van der Waals surface area (Å²) in [7, 11) is 0. The summed E-state index contributed by atoms with van der Waals surface area (Å²) in [6.07, 6.45) is 3.88. The second kappa shape index (κ2) is 7.98. The number of amides is 1. The zero-order valence-electron chi connectivity index (χ0n) is 11.1. The van der Waals surface area contributed by atoms with Gasteiger partial charge in [-0.05, 0) is 49.1 Å². The zero-order valence-corrected chi connectivity index (χ0v) is 11.9. The van der Waals surface area contributed by atoms with E-state index in [1.165, 1.54) is 11.5 Å². The summed E-state index contributed by atoms with van der Waals surface area (Å²) in [5.41, 5.74) is 5.72. The van der Waals surface area contributed by atoms with Gasteiger partial charge in [-0.15, -0.1) is 0 Å². The first kappa shape index (κ1) is 14.8. The van der Waals surface area contributed by atoms with Crippen LogP contribution in [-0.2, 0) is 4.79 Å². The number of nitrogens with two attached hydrogens (primary N) is 1. The lowest BCUT2D eigenvalue weighted by Crippen LogP contribution is -2.38. The van der Waals surface area contributed by atoms with Crippen molar-refractivity contribution < 1.29 is 4.79 Å². The van der Waals surface area contributed by atoms with Crippen molar-refractivity contribution in [1.29, 1.82) is 0 Å². The van der Waals surface area contributed by atoms with E-state index in [4.69, 9.17) is 5.73 Å². The van der Waals surface area contributed by atoms with Crippen LogP contribution >= 0.6 is 11.8 Å². The average Bonchev–Trinajstić information content (AvgIpc) is 2.28. The maximum absolute atomic E-state index is 11.9. The molecule has 0 radical (unpaired) electrons. The fraction of sp³-hybridized carbons (Fsp3) is 0.923. The fourth-order valence-corrected chi connectivity index (χ4v) is 3.43. The molecular formula is C13H26N2OS. The van der Waals surface area contributed by atoms with Crippen LogP contribution in [0.5, 0.6) is 0 Å². The van der Waals surface area contributed by atoms with Gasteiger partial charge >= 0.3 is 0 Å². The Morgan fingerprint density at radius 3 is 2.59 bits per heavy atom. The second-order valence-electron chi connectivity index (χ2n) is 5.39. The smallest absolute Gasteiger partial charge is 0.220 e. The van der Waals surface area contributed by atoms with Crippen molar-refractivity contribution in [3.8, 4) is 0 Å². The number of carbonyl (C=O) groups excluding carboxylic acids is 1. The molecule has 100 valence electrons. The predicted molar refractivity (Wildman–Crippen MR) is 75.1 cm³/mol. The molecule has 1 fully saturated rings. The zero-order chi connectivity index (χ0) is 12.7. The van der Waals surface area contributed by atoms with Gasteiger partial charge in [-0.25, -0.2) is 0 Å². The van der Waals surface area contributed by atoms with Crippen LogP contribution in [0.4, 0.5) is 0 Å². The van der Waals surface area contributed by atoms with E-state index < -0.39 is 0 Å². The molecule has 0 aromatic rings. The lowest BCUT2D eigenvalue weighted by Gasteiger charge is -2.24. The van der Waals surface area contributed by atoms with Gasteiger partial charge in [-0.2, -0.15) is 11.8 Å². The molecule has 1 amide bonds. The normalized spacial score (nSPS) is 19.3. The molecule has 1 atom stereocenters. The molecule has 3 nitrogen and oxygen atoms in total. The highest BCUT2D eigenvalue weighted by atomic mass is 32.2. The summed E-state index contributed by atoms with van der Waals surface area (Å²) >= 11 is 1.98. The molecule has 0 aliphatic carbocycles. The minimum atomic E-state index is 0.193. The van der Waals surface area contributed by atoms with Gasteiger partial charge in [0.1, 0.15) is 0 Å². The van der Waals surface area contributed by atoms with Crippen LogP contribution in [0.25, 0.3) is 0 Å². The number of carbonyl (C=O) groups is 1. The average molecular weight is 258 g/mol. The Morgan fingerprint density at radius 2 is 2.06 bits per heavy atom. The molecule has 0 spiro atoms. The summed E-state index contributed by atoms with van der Waals surface area (Å²) in [5, 5.41) is 3.15. The van der Waals surface area contributed by atoms with Crippen molar-refractivity contribution in [1.82, 2.24) is 5.32 Å². The van der Waals surface area contributed by atoms with Crippen molar-refractivity contribution in [2.75, 3.05) is 18.1 Å². The number of hydrogen-bond acceptors (Lipinski definition) is 3. The third-order valence-electron chi connectivity index (χ3n) is 3.20. The molecule has 1 rings (SSSR count). The summed E-state index contributed by atoms with van der Waals surface area (Å²) in [5.74, 6) is 3.50. The Labute approximate surface area is 109 Å². The van der Waals surface area contributed by atoms with Crippen LogP contribution in [0.2, 0.25) is 0 Å². The molecule has 0 saturated carbocycles. The molecule has 1 saturated heterocycles. The van der Waals surface area contributed by atoms with Crippen molar-refractivity contribution >= 4 is 17.7 Å². The van der Waals surface area contributed by atoms with E-state index in [-0.39, 0.29) is 5.91 Å². The van der Waals surface area contributed by atoms with Crippen LogP contribution < -0.4 is 11.1 Å². The molecular weight excluding hydrogens is 232 g/mol. The second-order valence-corrected chi connectivity index (χ2v) is 6.61. The Kier molecular flexibility index (Phi) is 6.97. The molecule has 1 aliphatic heterocycles. The molecule has 1 heterocycles. The minimum absolute atomic E-state index is 0.193. The first-order valence-corrected chi connectivity index (χ1v) is 7.84. The van der Waals surface area contributed by atoms with Crippen molar-refractivity contribution in [3.05, 3.63) is 0 Å².